The fourth-order valence-electron chi connectivity index (χ4n) is 5.76. The summed E-state index contributed by atoms with van der Waals surface area (Å²) in [6.45, 7) is 2.38. The predicted molar refractivity (Wildman–Crippen MR) is 130 cm³/mol. The van der Waals surface area contributed by atoms with Crippen molar-refractivity contribution in [3.8, 4) is 0 Å². The van der Waals surface area contributed by atoms with Gasteiger partial charge in [-0.05, 0) is 56.7 Å². The number of hydrogen-bond acceptors (Lipinski definition) is 5. The van der Waals surface area contributed by atoms with Crippen LogP contribution >= 0.6 is 0 Å². The average molecular weight is 450 g/mol. The highest BCUT2D eigenvalue weighted by Crippen LogP contribution is 2.32. The number of aromatic nitrogens is 2. The normalized spacial score (nSPS) is 21.8. The second-order valence-corrected chi connectivity index (χ2v) is 9.99. The van der Waals surface area contributed by atoms with Gasteiger partial charge in [-0.25, -0.2) is 4.98 Å². The van der Waals surface area contributed by atoms with Crippen molar-refractivity contribution >= 4 is 11.6 Å². The molecule has 1 N–H and O–H groups in total. The molecule has 7 nitrogen and oxygen atoms in total. The van der Waals surface area contributed by atoms with Crippen molar-refractivity contribution < 1.29 is 4.79 Å². The van der Waals surface area contributed by atoms with E-state index in [1.165, 1.54) is 25.7 Å². The molecule has 3 aliphatic rings. The maximum atomic E-state index is 13.5. The molecule has 1 aromatic carbocycles. The topological polar surface area (TPSA) is 72.5 Å². The highest BCUT2D eigenvalue weighted by molar-refractivity contribution is 5.95. The van der Waals surface area contributed by atoms with Crippen LogP contribution in [0, 0.1) is 0 Å². The molecule has 1 aromatic heterocycles. The Morgan fingerprint density at radius 1 is 1.09 bits per heavy atom. The standard InChI is InChI=1S/C26H35N5O2/c1-29(2)20-11-7-8-18(16-20)26(33)31-14-6-5-12-23(31)24-27-22-17-30(19-9-3-4-10-19)15-13-21(22)25(32)28-24/h7-8,11,16,19,23H,3-6,9-10,12-15,17H2,1-2H3,(H,27,28,32). The second kappa shape index (κ2) is 9.29. The van der Waals surface area contributed by atoms with Crippen molar-refractivity contribution in [3.05, 3.63) is 57.3 Å². The molecule has 1 amide bonds. The molecule has 5 rings (SSSR count). The van der Waals surface area contributed by atoms with Crippen molar-refractivity contribution in [1.82, 2.24) is 19.8 Å². The van der Waals surface area contributed by atoms with Crippen LogP contribution in [0.1, 0.15) is 78.4 Å². The Labute approximate surface area is 195 Å². The Balaban J connectivity index is 1.43. The molecule has 0 radical (unpaired) electrons. The maximum absolute atomic E-state index is 13.5. The Hall–Kier alpha value is -2.67. The molecule has 1 saturated carbocycles. The van der Waals surface area contributed by atoms with Crippen molar-refractivity contribution in [3.63, 3.8) is 0 Å². The van der Waals surface area contributed by atoms with Gasteiger partial charge in [0.25, 0.3) is 11.5 Å². The molecule has 1 aliphatic carbocycles. The molecule has 3 heterocycles. The van der Waals surface area contributed by atoms with Gasteiger partial charge < -0.3 is 14.8 Å². The molecule has 0 spiro atoms. The summed E-state index contributed by atoms with van der Waals surface area (Å²) in [4.78, 5) is 41.0. The van der Waals surface area contributed by atoms with Gasteiger partial charge in [0.2, 0.25) is 0 Å². The number of anilines is 1. The Kier molecular flexibility index (Phi) is 6.23. The number of carbonyl (C=O) groups is 1. The van der Waals surface area contributed by atoms with Gasteiger partial charge in [-0.1, -0.05) is 18.9 Å². The van der Waals surface area contributed by atoms with Crippen molar-refractivity contribution in [1.29, 1.82) is 0 Å². The third-order valence-corrected chi connectivity index (χ3v) is 7.65. The number of carbonyl (C=O) groups excluding carboxylic acids is 1. The van der Waals surface area contributed by atoms with Gasteiger partial charge >= 0.3 is 0 Å². The maximum Gasteiger partial charge on any atom is 0.254 e. The van der Waals surface area contributed by atoms with E-state index in [1.807, 2.05) is 48.2 Å². The van der Waals surface area contributed by atoms with E-state index in [-0.39, 0.29) is 17.5 Å². The summed E-state index contributed by atoms with van der Waals surface area (Å²) >= 11 is 0. The number of aromatic amines is 1. The summed E-state index contributed by atoms with van der Waals surface area (Å²) in [5, 5.41) is 0. The molecule has 0 bridgehead atoms. The van der Waals surface area contributed by atoms with E-state index in [0.717, 1.165) is 55.7 Å². The number of nitrogens with zero attached hydrogens (tertiary/aromatic N) is 4. The Bertz CT molecular complexity index is 1070. The molecule has 33 heavy (non-hydrogen) atoms. The molecule has 7 heteroatoms. The first-order valence-electron chi connectivity index (χ1n) is 12.5. The summed E-state index contributed by atoms with van der Waals surface area (Å²) in [7, 11) is 3.95. The lowest BCUT2D eigenvalue weighted by Gasteiger charge is -2.36. The second-order valence-electron chi connectivity index (χ2n) is 9.99. The number of rotatable bonds is 4. The largest absolute Gasteiger partial charge is 0.378 e. The summed E-state index contributed by atoms with van der Waals surface area (Å²) in [5.41, 5.74) is 3.41. The van der Waals surface area contributed by atoms with Gasteiger partial charge in [0.15, 0.2) is 0 Å². The third kappa shape index (κ3) is 4.43. The average Bonchev–Trinajstić information content (AvgIpc) is 3.38. The Morgan fingerprint density at radius 2 is 1.88 bits per heavy atom. The molecule has 1 unspecified atom stereocenters. The molecular formula is C26H35N5O2. The number of benzene rings is 1. The Morgan fingerprint density at radius 3 is 2.67 bits per heavy atom. The van der Waals surface area contributed by atoms with Crippen LogP contribution in [0.2, 0.25) is 0 Å². The fraction of sp³-hybridized carbons (Fsp3) is 0.577. The number of nitrogens with one attached hydrogen (secondary N) is 1. The van der Waals surface area contributed by atoms with E-state index in [1.54, 1.807) is 0 Å². The number of fused-ring (bicyclic) bond motifs is 1. The van der Waals surface area contributed by atoms with E-state index < -0.39 is 0 Å². The van der Waals surface area contributed by atoms with Crippen LogP contribution < -0.4 is 10.5 Å². The highest BCUT2D eigenvalue weighted by Gasteiger charge is 2.33. The fourth-order valence-corrected chi connectivity index (χ4v) is 5.76. The van der Waals surface area contributed by atoms with E-state index in [2.05, 4.69) is 9.88 Å². The predicted octanol–water partition coefficient (Wildman–Crippen LogP) is 3.50. The van der Waals surface area contributed by atoms with Gasteiger partial charge in [-0.2, -0.15) is 0 Å². The van der Waals surface area contributed by atoms with Crippen LogP contribution in [0.3, 0.4) is 0 Å². The molecule has 1 atom stereocenters. The molecule has 176 valence electrons. The lowest BCUT2D eigenvalue weighted by Crippen LogP contribution is -2.43. The first-order chi connectivity index (χ1) is 16.0. The quantitative estimate of drug-likeness (QED) is 0.773. The van der Waals surface area contributed by atoms with Crippen molar-refractivity contribution in [2.75, 3.05) is 32.1 Å². The van der Waals surface area contributed by atoms with Crippen LogP contribution in [0.4, 0.5) is 5.69 Å². The SMILES string of the molecule is CN(C)c1cccc(C(=O)N2CCCCC2c2nc3c(c(=O)[nH]2)CCN(C2CCCC2)C3)c1. The van der Waals surface area contributed by atoms with Gasteiger partial charge in [-0.15, -0.1) is 0 Å². The van der Waals surface area contributed by atoms with Crippen LogP contribution in [0.25, 0.3) is 0 Å². The zero-order chi connectivity index (χ0) is 22.9. The minimum atomic E-state index is -0.186. The molecule has 1 saturated heterocycles. The first-order valence-corrected chi connectivity index (χ1v) is 12.5. The van der Waals surface area contributed by atoms with Crippen LogP contribution in [0.5, 0.6) is 0 Å². The van der Waals surface area contributed by atoms with Crippen LogP contribution in [-0.4, -0.2) is 58.9 Å². The summed E-state index contributed by atoms with van der Waals surface area (Å²) in [6, 6.07) is 8.19. The van der Waals surface area contributed by atoms with Crippen molar-refractivity contribution in [2.45, 2.75) is 70.0 Å². The van der Waals surface area contributed by atoms with Crippen LogP contribution in [-0.2, 0) is 13.0 Å². The minimum absolute atomic E-state index is 0.0105. The zero-order valence-electron chi connectivity index (χ0n) is 19.8. The molecule has 2 fully saturated rings. The lowest BCUT2D eigenvalue weighted by molar-refractivity contribution is 0.0598. The minimum Gasteiger partial charge on any atom is -0.378 e. The number of H-pyrrole nitrogens is 1. The number of piperidine rings is 1. The summed E-state index contributed by atoms with van der Waals surface area (Å²) in [5.74, 6) is 0.667. The van der Waals surface area contributed by atoms with Gasteiger partial charge in [0.05, 0.1) is 11.7 Å². The highest BCUT2D eigenvalue weighted by atomic mass is 16.2. The van der Waals surface area contributed by atoms with Crippen molar-refractivity contribution in [2.24, 2.45) is 0 Å². The number of hydrogen-bond donors (Lipinski definition) is 1. The molecule has 2 aromatic rings. The van der Waals surface area contributed by atoms with Gasteiger partial charge in [-0.3, -0.25) is 14.5 Å². The van der Waals surface area contributed by atoms with E-state index >= 15 is 0 Å². The van der Waals surface area contributed by atoms with E-state index in [0.29, 0.717) is 24.0 Å². The monoisotopic (exact) mass is 449 g/mol. The lowest BCUT2D eigenvalue weighted by atomic mass is 9.98. The van der Waals surface area contributed by atoms with E-state index in [4.69, 9.17) is 4.98 Å². The molecular weight excluding hydrogens is 414 g/mol. The van der Waals surface area contributed by atoms with Gasteiger partial charge in [0, 0.05) is 56.6 Å². The number of amides is 1. The summed E-state index contributed by atoms with van der Waals surface area (Å²) < 4.78 is 0. The van der Waals surface area contributed by atoms with Gasteiger partial charge in [0.1, 0.15) is 5.82 Å². The number of likely N-dealkylation sites (tertiary alicyclic amines) is 1. The zero-order valence-corrected chi connectivity index (χ0v) is 19.8. The first kappa shape index (κ1) is 22.1. The smallest absolute Gasteiger partial charge is 0.254 e. The molecule has 2 aliphatic heterocycles. The van der Waals surface area contributed by atoms with Crippen LogP contribution in [0.15, 0.2) is 29.1 Å². The summed E-state index contributed by atoms with van der Waals surface area (Å²) in [6.07, 6.45) is 8.70. The third-order valence-electron chi connectivity index (χ3n) is 7.65. The van der Waals surface area contributed by atoms with E-state index in [9.17, 15) is 9.59 Å².